The molecule has 0 atom stereocenters. The standard InChI is InChI=1S/C6H5ClO4S2/c7-5(8)3-4-1-2-12-6(4)13(9,10)11/h1-2H,3H2,(H,9,10,11). The molecular formula is C6H5ClO4S2. The minimum absolute atomic E-state index is 0.194. The number of halogens is 1. The molecule has 0 amide bonds. The zero-order valence-corrected chi connectivity index (χ0v) is 8.62. The van der Waals surface area contributed by atoms with Gasteiger partial charge in [0.05, 0.1) is 0 Å². The zero-order valence-electron chi connectivity index (χ0n) is 6.23. The Balaban J connectivity index is 3.11. The number of carbonyl (C=O) groups excluding carboxylic acids is 1. The first-order valence-electron chi connectivity index (χ1n) is 3.13. The van der Waals surface area contributed by atoms with Crippen LogP contribution in [0.2, 0.25) is 0 Å². The zero-order chi connectivity index (χ0) is 10.1. The third-order valence-corrected chi connectivity index (χ3v) is 3.80. The van der Waals surface area contributed by atoms with Gasteiger partial charge in [0.2, 0.25) is 5.24 Å². The molecule has 0 aliphatic rings. The lowest BCUT2D eigenvalue weighted by atomic mass is 10.3. The fraction of sp³-hybridized carbons (Fsp3) is 0.167. The molecule has 1 rings (SSSR count). The molecule has 0 aliphatic heterocycles. The van der Waals surface area contributed by atoms with Crippen LogP contribution in [0.1, 0.15) is 5.56 Å². The highest BCUT2D eigenvalue weighted by atomic mass is 35.5. The Labute approximate surface area is 83.9 Å². The van der Waals surface area contributed by atoms with Crippen LogP contribution in [0, 0.1) is 0 Å². The lowest BCUT2D eigenvalue weighted by Gasteiger charge is -1.95. The maximum Gasteiger partial charge on any atom is 0.304 e. The number of carbonyl (C=O) groups is 1. The first kappa shape index (κ1) is 10.6. The van der Waals surface area contributed by atoms with Crippen molar-refractivity contribution < 1.29 is 17.8 Å². The predicted octanol–water partition coefficient (Wildman–Crippen LogP) is 1.30. The Morgan fingerprint density at radius 2 is 2.23 bits per heavy atom. The van der Waals surface area contributed by atoms with Gasteiger partial charge in [-0.05, 0) is 28.6 Å². The van der Waals surface area contributed by atoms with Gasteiger partial charge in [-0.2, -0.15) is 8.42 Å². The van der Waals surface area contributed by atoms with Crippen molar-refractivity contribution in [3.8, 4) is 0 Å². The van der Waals surface area contributed by atoms with Crippen molar-refractivity contribution in [1.82, 2.24) is 0 Å². The van der Waals surface area contributed by atoms with Crippen LogP contribution in [0.15, 0.2) is 15.7 Å². The molecule has 0 fully saturated rings. The van der Waals surface area contributed by atoms with Crippen molar-refractivity contribution in [2.45, 2.75) is 10.6 Å². The molecule has 0 aromatic carbocycles. The van der Waals surface area contributed by atoms with E-state index < -0.39 is 15.4 Å². The normalized spacial score (nSPS) is 11.5. The number of hydrogen-bond acceptors (Lipinski definition) is 4. The summed E-state index contributed by atoms with van der Waals surface area (Å²) in [5.41, 5.74) is 0.229. The van der Waals surface area contributed by atoms with Crippen molar-refractivity contribution in [2.24, 2.45) is 0 Å². The number of rotatable bonds is 3. The summed E-state index contributed by atoms with van der Waals surface area (Å²) < 4.78 is 29.9. The van der Waals surface area contributed by atoms with Crippen molar-refractivity contribution >= 4 is 38.3 Å². The summed E-state index contributed by atoms with van der Waals surface area (Å²) >= 11 is 5.93. The van der Waals surface area contributed by atoms with Crippen LogP contribution in [-0.2, 0) is 21.3 Å². The first-order chi connectivity index (χ1) is 5.91. The molecule has 0 aliphatic carbocycles. The van der Waals surface area contributed by atoms with Crippen LogP contribution in [0.3, 0.4) is 0 Å². The van der Waals surface area contributed by atoms with Gasteiger partial charge >= 0.3 is 10.1 Å². The summed E-state index contributed by atoms with van der Waals surface area (Å²) in [7, 11) is -4.23. The Hall–Kier alpha value is -0.430. The molecule has 0 saturated carbocycles. The average molecular weight is 241 g/mol. The number of hydrogen-bond donors (Lipinski definition) is 1. The van der Waals surface area contributed by atoms with Crippen LogP contribution in [0.4, 0.5) is 0 Å². The Bertz CT molecular complexity index is 420. The highest BCUT2D eigenvalue weighted by Gasteiger charge is 2.18. The van der Waals surface area contributed by atoms with Gasteiger partial charge in [0, 0.05) is 6.42 Å². The third kappa shape index (κ3) is 2.77. The first-order valence-corrected chi connectivity index (χ1v) is 5.83. The molecule has 0 bridgehead atoms. The van der Waals surface area contributed by atoms with E-state index in [4.69, 9.17) is 16.2 Å². The van der Waals surface area contributed by atoms with E-state index >= 15 is 0 Å². The molecule has 1 aromatic rings. The second-order valence-corrected chi connectivity index (χ2v) is 5.19. The Morgan fingerprint density at radius 3 is 2.69 bits per heavy atom. The highest BCUT2D eigenvalue weighted by molar-refractivity contribution is 7.88. The van der Waals surface area contributed by atoms with E-state index in [9.17, 15) is 13.2 Å². The molecule has 13 heavy (non-hydrogen) atoms. The van der Waals surface area contributed by atoms with Crippen LogP contribution >= 0.6 is 22.9 Å². The quantitative estimate of drug-likeness (QED) is 0.639. The lowest BCUT2D eigenvalue weighted by Crippen LogP contribution is -2.01. The van der Waals surface area contributed by atoms with Crippen molar-refractivity contribution in [1.29, 1.82) is 0 Å². The molecule has 4 nitrogen and oxygen atoms in total. The third-order valence-electron chi connectivity index (χ3n) is 1.27. The molecule has 0 unspecified atom stereocenters. The largest absolute Gasteiger partial charge is 0.304 e. The van der Waals surface area contributed by atoms with E-state index in [1.165, 1.54) is 11.4 Å². The van der Waals surface area contributed by atoms with Gasteiger partial charge in [-0.15, -0.1) is 11.3 Å². The molecule has 1 aromatic heterocycles. The summed E-state index contributed by atoms with van der Waals surface area (Å²) in [6.07, 6.45) is -0.194. The summed E-state index contributed by atoms with van der Waals surface area (Å²) in [4.78, 5) is 10.5. The van der Waals surface area contributed by atoms with E-state index in [1.54, 1.807) is 0 Å². The fourth-order valence-corrected chi connectivity index (χ4v) is 2.75. The summed E-state index contributed by atoms with van der Waals surface area (Å²) in [6, 6.07) is 1.44. The van der Waals surface area contributed by atoms with Gasteiger partial charge < -0.3 is 0 Å². The van der Waals surface area contributed by atoms with Gasteiger partial charge in [0.15, 0.2) is 4.21 Å². The molecule has 72 valence electrons. The summed E-state index contributed by atoms with van der Waals surface area (Å²) in [6.45, 7) is 0. The van der Waals surface area contributed by atoms with E-state index in [1.807, 2.05) is 0 Å². The van der Waals surface area contributed by atoms with Gasteiger partial charge in [0.1, 0.15) is 0 Å². The number of thiophene rings is 1. The van der Waals surface area contributed by atoms with Crippen LogP contribution in [0.5, 0.6) is 0 Å². The topological polar surface area (TPSA) is 71.4 Å². The van der Waals surface area contributed by atoms with Gasteiger partial charge in [-0.3, -0.25) is 9.35 Å². The van der Waals surface area contributed by atoms with Crippen molar-refractivity contribution in [3.63, 3.8) is 0 Å². The average Bonchev–Trinajstić information content (AvgIpc) is 2.31. The summed E-state index contributed by atoms with van der Waals surface area (Å²) in [5.74, 6) is 0. The minimum atomic E-state index is -4.23. The second kappa shape index (κ2) is 3.75. The van der Waals surface area contributed by atoms with Crippen molar-refractivity contribution in [2.75, 3.05) is 0 Å². The van der Waals surface area contributed by atoms with E-state index in [-0.39, 0.29) is 16.2 Å². The maximum atomic E-state index is 10.7. The summed E-state index contributed by atoms with van der Waals surface area (Å²) in [5, 5.41) is 0.807. The fourth-order valence-electron chi connectivity index (χ4n) is 0.829. The molecule has 0 saturated heterocycles. The van der Waals surface area contributed by atoms with Crippen LogP contribution < -0.4 is 0 Å². The van der Waals surface area contributed by atoms with Gasteiger partial charge in [-0.1, -0.05) is 0 Å². The molecule has 7 heteroatoms. The van der Waals surface area contributed by atoms with E-state index in [2.05, 4.69) is 0 Å². The molecule has 1 heterocycles. The molecule has 1 N–H and O–H groups in total. The lowest BCUT2D eigenvalue weighted by molar-refractivity contribution is -0.111. The monoisotopic (exact) mass is 240 g/mol. The Kier molecular flexibility index (Phi) is 3.07. The smallest absolute Gasteiger partial charge is 0.281 e. The van der Waals surface area contributed by atoms with Crippen molar-refractivity contribution in [3.05, 3.63) is 17.0 Å². The molecule has 0 spiro atoms. The van der Waals surface area contributed by atoms with Gasteiger partial charge in [-0.25, -0.2) is 0 Å². The second-order valence-electron chi connectivity index (χ2n) is 2.24. The SMILES string of the molecule is O=C(Cl)Cc1ccsc1S(=O)(=O)O. The minimum Gasteiger partial charge on any atom is -0.281 e. The van der Waals surface area contributed by atoms with Crippen LogP contribution in [-0.4, -0.2) is 18.2 Å². The van der Waals surface area contributed by atoms with E-state index in [0.717, 1.165) is 11.3 Å². The van der Waals surface area contributed by atoms with E-state index in [0.29, 0.717) is 0 Å². The predicted molar refractivity (Wildman–Crippen MR) is 48.7 cm³/mol. The molecular weight excluding hydrogens is 236 g/mol. The Morgan fingerprint density at radius 1 is 1.62 bits per heavy atom. The molecule has 0 radical (unpaired) electrons. The highest BCUT2D eigenvalue weighted by Crippen LogP contribution is 2.23. The maximum absolute atomic E-state index is 10.7. The van der Waals surface area contributed by atoms with Crippen LogP contribution in [0.25, 0.3) is 0 Å². The van der Waals surface area contributed by atoms with Gasteiger partial charge in [0.25, 0.3) is 0 Å².